The number of amides is 2. The van der Waals surface area contributed by atoms with E-state index in [0.29, 0.717) is 29.0 Å². The van der Waals surface area contributed by atoms with Crippen LogP contribution in [0.4, 0.5) is 10.8 Å². The summed E-state index contributed by atoms with van der Waals surface area (Å²) in [7, 11) is 3.21. The van der Waals surface area contributed by atoms with Crippen molar-refractivity contribution in [1.29, 1.82) is 0 Å². The minimum absolute atomic E-state index is 0.0260. The summed E-state index contributed by atoms with van der Waals surface area (Å²) in [6, 6.07) is 14.4. The standard InChI is InChI=1S/C25H26N4O4S/c1-32-18-9-5-15(6-10-18)22-20(23(31)26-25-28-27-24(34-25)16-3-4-16)13-14-21(30)29(22)17-7-11-19(33-2)12-8-17/h5-12,16,20,22H,3-4,13-14H2,1-2H3,(H,26,28,31). The van der Waals surface area contributed by atoms with E-state index in [9.17, 15) is 9.59 Å². The zero-order chi connectivity index (χ0) is 23.7. The normalized spacial score (nSPS) is 20.2. The fourth-order valence-electron chi connectivity index (χ4n) is 4.38. The maximum atomic E-state index is 13.5. The second-order valence-electron chi connectivity index (χ2n) is 8.53. The molecule has 2 aromatic carbocycles. The molecule has 2 fully saturated rings. The van der Waals surface area contributed by atoms with Crippen molar-refractivity contribution >= 4 is 34.0 Å². The first-order chi connectivity index (χ1) is 16.6. The predicted octanol–water partition coefficient (Wildman–Crippen LogP) is 4.56. The van der Waals surface area contributed by atoms with E-state index in [2.05, 4.69) is 15.5 Å². The van der Waals surface area contributed by atoms with E-state index in [4.69, 9.17) is 9.47 Å². The van der Waals surface area contributed by atoms with Gasteiger partial charge in [0, 0.05) is 18.0 Å². The Bertz CT molecular complexity index is 1170. The molecule has 3 aromatic rings. The third kappa shape index (κ3) is 4.48. The highest BCUT2D eigenvalue weighted by molar-refractivity contribution is 7.15. The maximum absolute atomic E-state index is 13.5. The van der Waals surface area contributed by atoms with Gasteiger partial charge in [-0.25, -0.2) is 0 Å². The van der Waals surface area contributed by atoms with Gasteiger partial charge >= 0.3 is 0 Å². The van der Waals surface area contributed by atoms with Crippen LogP contribution in [-0.2, 0) is 9.59 Å². The molecule has 2 aliphatic rings. The van der Waals surface area contributed by atoms with Gasteiger partial charge in [-0.2, -0.15) is 0 Å². The highest BCUT2D eigenvalue weighted by Crippen LogP contribution is 2.43. The highest BCUT2D eigenvalue weighted by atomic mass is 32.1. The lowest BCUT2D eigenvalue weighted by atomic mass is 9.83. The quantitative estimate of drug-likeness (QED) is 0.535. The van der Waals surface area contributed by atoms with Crippen LogP contribution in [0.1, 0.15) is 48.2 Å². The van der Waals surface area contributed by atoms with Crippen LogP contribution in [-0.4, -0.2) is 36.2 Å². The Hall–Kier alpha value is -3.46. The second-order valence-corrected chi connectivity index (χ2v) is 9.54. The number of nitrogens with one attached hydrogen (secondary N) is 1. The van der Waals surface area contributed by atoms with E-state index >= 15 is 0 Å². The van der Waals surface area contributed by atoms with Gasteiger partial charge in [-0.15, -0.1) is 10.2 Å². The molecule has 1 aliphatic heterocycles. The van der Waals surface area contributed by atoms with Gasteiger partial charge in [-0.3, -0.25) is 9.59 Å². The van der Waals surface area contributed by atoms with Crippen molar-refractivity contribution in [2.75, 3.05) is 24.4 Å². The average molecular weight is 479 g/mol. The number of benzene rings is 2. The van der Waals surface area contributed by atoms with E-state index in [-0.39, 0.29) is 18.2 Å². The monoisotopic (exact) mass is 478 g/mol. The number of piperidine rings is 1. The van der Waals surface area contributed by atoms with E-state index in [0.717, 1.165) is 29.1 Å². The van der Waals surface area contributed by atoms with Crippen molar-refractivity contribution in [2.45, 2.75) is 37.6 Å². The number of rotatable bonds is 7. The number of ether oxygens (including phenoxy) is 2. The van der Waals surface area contributed by atoms with Gasteiger partial charge < -0.3 is 19.7 Å². The van der Waals surface area contributed by atoms with Crippen molar-refractivity contribution in [2.24, 2.45) is 5.92 Å². The number of carbonyl (C=O) groups is 2. The molecule has 1 aliphatic carbocycles. The fraction of sp³-hybridized carbons (Fsp3) is 0.360. The fourth-order valence-corrected chi connectivity index (χ4v) is 5.29. The van der Waals surface area contributed by atoms with Crippen LogP contribution < -0.4 is 19.7 Å². The summed E-state index contributed by atoms with van der Waals surface area (Å²) in [5.74, 6) is 1.25. The van der Waals surface area contributed by atoms with Gasteiger partial charge in [0.15, 0.2) is 0 Å². The van der Waals surface area contributed by atoms with E-state index in [1.54, 1.807) is 19.1 Å². The molecule has 9 heteroatoms. The lowest BCUT2D eigenvalue weighted by Crippen LogP contribution is -2.46. The summed E-state index contributed by atoms with van der Waals surface area (Å²) in [6.45, 7) is 0. The third-order valence-electron chi connectivity index (χ3n) is 6.34. The Kier molecular flexibility index (Phi) is 6.19. The summed E-state index contributed by atoms with van der Waals surface area (Å²) in [4.78, 5) is 28.4. The molecule has 2 amide bonds. The Morgan fingerprint density at radius 1 is 0.971 bits per heavy atom. The molecule has 0 bridgehead atoms. The molecule has 0 spiro atoms. The summed E-state index contributed by atoms with van der Waals surface area (Å²) in [6.07, 6.45) is 2.98. The Morgan fingerprint density at radius 3 is 2.24 bits per heavy atom. The first kappa shape index (κ1) is 22.3. The molecule has 8 nitrogen and oxygen atoms in total. The minimum atomic E-state index is -0.476. The van der Waals surface area contributed by atoms with Crippen LogP contribution >= 0.6 is 11.3 Å². The van der Waals surface area contributed by atoms with Crippen molar-refractivity contribution in [3.05, 3.63) is 59.1 Å². The predicted molar refractivity (Wildman–Crippen MR) is 129 cm³/mol. The van der Waals surface area contributed by atoms with Gasteiger partial charge in [-0.1, -0.05) is 23.5 Å². The molecule has 5 rings (SSSR count). The average Bonchev–Trinajstić information content (AvgIpc) is 3.62. The van der Waals surface area contributed by atoms with Crippen molar-refractivity contribution in [3.63, 3.8) is 0 Å². The molecular weight excluding hydrogens is 452 g/mol. The van der Waals surface area contributed by atoms with E-state index < -0.39 is 12.0 Å². The van der Waals surface area contributed by atoms with Crippen LogP contribution in [0.5, 0.6) is 11.5 Å². The number of aromatic nitrogens is 2. The SMILES string of the molecule is COc1ccc(C2C(C(=O)Nc3nnc(C4CC4)s3)CCC(=O)N2c2ccc(OC)cc2)cc1. The topological polar surface area (TPSA) is 93.7 Å². The lowest BCUT2D eigenvalue weighted by Gasteiger charge is -2.40. The van der Waals surface area contributed by atoms with Crippen LogP contribution in [0.2, 0.25) is 0 Å². The molecule has 1 N–H and O–H groups in total. The summed E-state index contributed by atoms with van der Waals surface area (Å²) in [5, 5.41) is 12.8. The largest absolute Gasteiger partial charge is 0.497 e. The number of hydrogen-bond acceptors (Lipinski definition) is 7. The maximum Gasteiger partial charge on any atom is 0.231 e. The van der Waals surface area contributed by atoms with Crippen LogP contribution in [0.3, 0.4) is 0 Å². The first-order valence-electron chi connectivity index (χ1n) is 11.3. The van der Waals surface area contributed by atoms with Crippen LogP contribution in [0.25, 0.3) is 0 Å². The Labute approximate surface area is 201 Å². The number of nitrogens with zero attached hydrogens (tertiary/aromatic N) is 3. The minimum Gasteiger partial charge on any atom is -0.497 e. The molecule has 2 heterocycles. The van der Waals surface area contributed by atoms with Crippen molar-refractivity contribution in [1.82, 2.24) is 10.2 Å². The molecule has 2 atom stereocenters. The van der Waals surface area contributed by atoms with Gasteiger partial charge in [-0.05, 0) is 61.2 Å². The molecule has 176 valence electrons. The Morgan fingerprint density at radius 2 is 1.62 bits per heavy atom. The van der Waals surface area contributed by atoms with Crippen molar-refractivity contribution < 1.29 is 19.1 Å². The summed E-state index contributed by atoms with van der Waals surface area (Å²) < 4.78 is 10.6. The van der Waals surface area contributed by atoms with Crippen LogP contribution in [0.15, 0.2) is 48.5 Å². The molecule has 1 saturated heterocycles. The first-order valence-corrected chi connectivity index (χ1v) is 12.1. The van der Waals surface area contributed by atoms with E-state index in [1.807, 2.05) is 48.5 Å². The molecule has 2 unspecified atom stereocenters. The van der Waals surface area contributed by atoms with Crippen molar-refractivity contribution in [3.8, 4) is 11.5 Å². The molecule has 1 saturated carbocycles. The van der Waals surface area contributed by atoms with Gasteiger partial charge in [0.1, 0.15) is 16.5 Å². The van der Waals surface area contributed by atoms with Gasteiger partial charge in [0.25, 0.3) is 0 Å². The molecular formula is C25H26N4O4S. The van der Waals surface area contributed by atoms with Gasteiger partial charge in [0.05, 0.1) is 26.2 Å². The number of methoxy groups -OCH3 is 2. The molecule has 1 aromatic heterocycles. The second kappa shape index (κ2) is 9.42. The van der Waals surface area contributed by atoms with E-state index in [1.165, 1.54) is 11.3 Å². The number of hydrogen-bond donors (Lipinski definition) is 1. The molecule has 34 heavy (non-hydrogen) atoms. The lowest BCUT2D eigenvalue weighted by molar-refractivity contribution is -0.125. The zero-order valence-corrected chi connectivity index (χ0v) is 19.9. The molecule has 0 radical (unpaired) electrons. The summed E-state index contributed by atoms with van der Waals surface area (Å²) in [5.41, 5.74) is 1.58. The smallest absolute Gasteiger partial charge is 0.231 e. The van der Waals surface area contributed by atoms with Crippen LogP contribution in [0, 0.1) is 5.92 Å². The number of anilines is 2. The third-order valence-corrected chi connectivity index (χ3v) is 7.34. The zero-order valence-electron chi connectivity index (χ0n) is 19.1. The highest BCUT2D eigenvalue weighted by Gasteiger charge is 2.42. The summed E-state index contributed by atoms with van der Waals surface area (Å²) >= 11 is 1.43. The Balaban J connectivity index is 1.48. The van der Waals surface area contributed by atoms with Gasteiger partial charge in [0.2, 0.25) is 16.9 Å². The number of carbonyl (C=O) groups excluding carboxylic acids is 2.